The van der Waals surface area contributed by atoms with Crippen LogP contribution in [0.4, 0.5) is 4.79 Å². The lowest BCUT2D eigenvalue weighted by Crippen LogP contribution is -2.44. The van der Waals surface area contributed by atoms with E-state index in [0.29, 0.717) is 0 Å². The zero-order valence-electron chi connectivity index (χ0n) is 16.2. The van der Waals surface area contributed by atoms with E-state index in [4.69, 9.17) is 4.74 Å². The summed E-state index contributed by atoms with van der Waals surface area (Å²) in [5, 5.41) is 12.9. The molecule has 1 amide bonds. The molecule has 0 spiro atoms. The monoisotopic (exact) mass is 380 g/mol. The highest BCUT2D eigenvalue weighted by atomic mass is 16.6. The number of benzene rings is 2. The minimum atomic E-state index is -1.11. The molecule has 1 heterocycles. The fraction of sp³-hybridized carbons (Fsp3) is 0.273. The molecule has 3 N–H and O–H groups in total. The van der Waals surface area contributed by atoms with Crippen molar-refractivity contribution in [1.29, 1.82) is 0 Å². The highest BCUT2D eigenvalue weighted by Crippen LogP contribution is 2.30. The molecule has 0 saturated heterocycles. The number of alkyl carbamates (subject to hydrolysis) is 1. The summed E-state index contributed by atoms with van der Waals surface area (Å²) in [6.07, 6.45) is 1.20. The van der Waals surface area contributed by atoms with E-state index in [1.807, 2.05) is 48.5 Å². The number of carboxylic acid groups (broad SMARTS) is 1. The number of para-hydroxylation sites is 1. The van der Waals surface area contributed by atoms with Crippen LogP contribution in [0, 0.1) is 0 Å². The lowest BCUT2D eigenvalue weighted by molar-refractivity contribution is -0.139. The Hall–Kier alpha value is -3.28. The van der Waals surface area contributed by atoms with Crippen molar-refractivity contribution >= 4 is 23.0 Å². The van der Waals surface area contributed by atoms with Gasteiger partial charge in [-0.15, -0.1) is 0 Å². The summed E-state index contributed by atoms with van der Waals surface area (Å²) >= 11 is 0. The topological polar surface area (TPSA) is 91.4 Å². The lowest BCUT2D eigenvalue weighted by Gasteiger charge is -2.22. The van der Waals surface area contributed by atoms with Crippen molar-refractivity contribution in [2.45, 2.75) is 38.8 Å². The van der Waals surface area contributed by atoms with Crippen LogP contribution in [0.3, 0.4) is 0 Å². The molecule has 28 heavy (non-hydrogen) atoms. The normalized spacial score (nSPS) is 12.5. The molecular formula is C22H24N2O4. The van der Waals surface area contributed by atoms with E-state index in [-0.39, 0.29) is 6.42 Å². The third kappa shape index (κ3) is 4.52. The molecule has 0 radical (unpaired) electrons. The van der Waals surface area contributed by atoms with Gasteiger partial charge in [0.05, 0.1) is 5.52 Å². The molecule has 0 saturated carbocycles. The first-order valence-electron chi connectivity index (χ1n) is 9.11. The van der Waals surface area contributed by atoms with Crippen molar-refractivity contribution in [3.8, 4) is 11.1 Å². The van der Waals surface area contributed by atoms with Gasteiger partial charge in [-0.25, -0.2) is 9.59 Å². The minimum absolute atomic E-state index is 0.146. The van der Waals surface area contributed by atoms with E-state index in [1.165, 1.54) is 0 Å². The van der Waals surface area contributed by atoms with Crippen molar-refractivity contribution in [2.24, 2.45) is 0 Å². The first-order valence-corrected chi connectivity index (χ1v) is 9.11. The van der Waals surface area contributed by atoms with Crippen molar-refractivity contribution in [3.05, 3.63) is 60.3 Å². The minimum Gasteiger partial charge on any atom is -0.480 e. The number of aromatic amines is 1. The summed E-state index contributed by atoms with van der Waals surface area (Å²) in [5.74, 6) is -1.11. The second-order valence-electron chi connectivity index (χ2n) is 7.65. The van der Waals surface area contributed by atoms with Gasteiger partial charge >= 0.3 is 12.1 Å². The van der Waals surface area contributed by atoms with Crippen molar-refractivity contribution in [2.75, 3.05) is 0 Å². The molecule has 0 fully saturated rings. The second-order valence-corrected chi connectivity index (χ2v) is 7.65. The zero-order valence-corrected chi connectivity index (χ0v) is 16.2. The number of carboxylic acids is 1. The quantitative estimate of drug-likeness (QED) is 0.613. The SMILES string of the molecule is CC(C)(C)OC(=O)NC(Cc1c[nH]c2c(-c3ccccc3)cccc12)C(=O)O. The Morgan fingerprint density at radius 1 is 1.11 bits per heavy atom. The van der Waals surface area contributed by atoms with Gasteiger partial charge in [-0.2, -0.15) is 0 Å². The third-order valence-electron chi connectivity index (χ3n) is 4.30. The third-order valence-corrected chi connectivity index (χ3v) is 4.30. The number of ether oxygens (including phenoxy) is 1. The molecule has 0 aliphatic heterocycles. The number of carbonyl (C=O) groups excluding carboxylic acids is 1. The van der Waals surface area contributed by atoms with Crippen LogP contribution < -0.4 is 5.32 Å². The Bertz CT molecular complexity index is 987. The molecule has 0 aliphatic rings. The van der Waals surface area contributed by atoms with E-state index in [0.717, 1.165) is 27.6 Å². The number of nitrogens with one attached hydrogen (secondary N) is 2. The smallest absolute Gasteiger partial charge is 0.408 e. The fourth-order valence-corrected chi connectivity index (χ4v) is 3.11. The summed E-state index contributed by atoms with van der Waals surface area (Å²) in [6, 6.07) is 14.8. The van der Waals surface area contributed by atoms with Gasteiger partial charge in [0.15, 0.2) is 0 Å². The number of aromatic nitrogens is 1. The molecular weight excluding hydrogens is 356 g/mol. The van der Waals surface area contributed by atoms with Crippen LogP contribution in [0.2, 0.25) is 0 Å². The van der Waals surface area contributed by atoms with Crippen LogP contribution in [0.1, 0.15) is 26.3 Å². The highest BCUT2D eigenvalue weighted by Gasteiger charge is 2.25. The van der Waals surface area contributed by atoms with E-state index in [9.17, 15) is 14.7 Å². The summed E-state index contributed by atoms with van der Waals surface area (Å²) in [6.45, 7) is 5.19. The number of fused-ring (bicyclic) bond motifs is 1. The first-order chi connectivity index (χ1) is 13.2. The van der Waals surface area contributed by atoms with Crippen molar-refractivity contribution in [1.82, 2.24) is 10.3 Å². The standard InChI is InChI=1S/C22H24N2O4/c1-22(2,3)28-21(27)24-18(20(25)26)12-15-13-23-19-16(10-7-11-17(15)19)14-8-5-4-6-9-14/h4-11,13,18,23H,12H2,1-3H3,(H,24,27)(H,25,26). The number of carbonyl (C=O) groups is 2. The Morgan fingerprint density at radius 2 is 1.82 bits per heavy atom. The Balaban J connectivity index is 1.87. The van der Waals surface area contributed by atoms with E-state index >= 15 is 0 Å². The van der Waals surface area contributed by atoms with Gasteiger partial charge in [0, 0.05) is 23.6 Å². The summed E-state index contributed by atoms with van der Waals surface area (Å²) in [4.78, 5) is 26.9. The van der Waals surface area contributed by atoms with Gasteiger partial charge in [0.2, 0.25) is 0 Å². The molecule has 0 bridgehead atoms. The predicted molar refractivity (Wildman–Crippen MR) is 108 cm³/mol. The Morgan fingerprint density at radius 3 is 2.46 bits per heavy atom. The summed E-state index contributed by atoms with van der Waals surface area (Å²) in [7, 11) is 0. The number of rotatable bonds is 5. The van der Waals surface area contributed by atoms with Crippen LogP contribution in [0.25, 0.3) is 22.0 Å². The van der Waals surface area contributed by atoms with Crippen molar-refractivity contribution < 1.29 is 19.4 Å². The molecule has 2 aromatic carbocycles. The average Bonchev–Trinajstić information content (AvgIpc) is 3.03. The largest absolute Gasteiger partial charge is 0.480 e. The molecule has 3 aromatic rings. The first kappa shape index (κ1) is 19.5. The maximum Gasteiger partial charge on any atom is 0.408 e. The Kier molecular flexibility index (Phi) is 5.40. The number of hydrogen-bond acceptors (Lipinski definition) is 3. The predicted octanol–water partition coefficient (Wildman–Crippen LogP) is 4.36. The van der Waals surface area contributed by atoms with Gasteiger partial charge in [-0.1, -0.05) is 48.5 Å². The molecule has 146 valence electrons. The van der Waals surface area contributed by atoms with Crippen LogP contribution in [-0.4, -0.2) is 33.8 Å². The van der Waals surface area contributed by atoms with Crippen LogP contribution in [-0.2, 0) is 16.0 Å². The molecule has 1 aromatic heterocycles. The van der Waals surface area contributed by atoms with Gasteiger partial charge < -0.3 is 20.1 Å². The molecule has 6 nitrogen and oxygen atoms in total. The number of aliphatic carboxylic acids is 1. The van der Waals surface area contributed by atoms with Gasteiger partial charge in [-0.05, 0) is 31.9 Å². The Labute approximate surface area is 163 Å². The maximum absolute atomic E-state index is 12.0. The number of amides is 1. The maximum atomic E-state index is 12.0. The van der Waals surface area contributed by atoms with Gasteiger partial charge in [0.25, 0.3) is 0 Å². The number of hydrogen-bond donors (Lipinski definition) is 3. The molecule has 6 heteroatoms. The zero-order chi connectivity index (χ0) is 20.3. The number of H-pyrrole nitrogens is 1. The molecule has 3 rings (SSSR count). The second kappa shape index (κ2) is 7.76. The highest BCUT2D eigenvalue weighted by molar-refractivity contribution is 5.96. The van der Waals surface area contributed by atoms with Gasteiger partial charge in [-0.3, -0.25) is 0 Å². The summed E-state index contributed by atoms with van der Waals surface area (Å²) < 4.78 is 5.18. The van der Waals surface area contributed by atoms with E-state index in [2.05, 4.69) is 10.3 Å². The molecule has 1 unspecified atom stereocenters. The molecule has 1 atom stereocenters. The van der Waals surface area contributed by atoms with Crippen LogP contribution in [0.5, 0.6) is 0 Å². The average molecular weight is 380 g/mol. The fourth-order valence-electron chi connectivity index (χ4n) is 3.11. The van der Waals surface area contributed by atoms with Crippen LogP contribution in [0.15, 0.2) is 54.7 Å². The van der Waals surface area contributed by atoms with Crippen molar-refractivity contribution in [3.63, 3.8) is 0 Å². The van der Waals surface area contributed by atoms with Gasteiger partial charge in [0.1, 0.15) is 11.6 Å². The molecule has 0 aliphatic carbocycles. The lowest BCUT2D eigenvalue weighted by atomic mass is 10.00. The summed E-state index contributed by atoms with van der Waals surface area (Å²) in [5.41, 5.74) is 3.17. The van der Waals surface area contributed by atoms with E-state index in [1.54, 1.807) is 27.0 Å². The van der Waals surface area contributed by atoms with Crippen LogP contribution >= 0.6 is 0 Å². The van der Waals surface area contributed by atoms with E-state index < -0.39 is 23.7 Å².